The summed E-state index contributed by atoms with van der Waals surface area (Å²) < 4.78 is 28.0. The van der Waals surface area contributed by atoms with Crippen molar-refractivity contribution in [3.05, 3.63) is 14.7 Å². The molecular weight excluding hydrogens is 338 g/mol. The summed E-state index contributed by atoms with van der Waals surface area (Å²) in [5.41, 5.74) is 0. The molecule has 1 fully saturated rings. The maximum atomic E-state index is 12.2. The number of hydrogen-bond acceptors (Lipinski definition) is 4. The largest absolute Gasteiger partial charge is 0.393 e. The van der Waals surface area contributed by atoms with Crippen LogP contribution in [0.4, 0.5) is 0 Å². The molecule has 0 radical (unpaired) electrons. The summed E-state index contributed by atoms with van der Waals surface area (Å²) in [6.45, 7) is 1.80. The average Bonchev–Trinajstić information content (AvgIpc) is 2.62. The van der Waals surface area contributed by atoms with Crippen LogP contribution in [0.25, 0.3) is 0 Å². The Morgan fingerprint density at radius 2 is 2.00 bits per heavy atom. The predicted octanol–water partition coefficient (Wildman–Crippen LogP) is 2.40. The number of aliphatic hydroxyl groups excluding tert-OH is 1. The molecule has 0 saturated heterocycles. The molecule has 1 aromatic rings. The highest BCUT2D eigenvalue weighted by atomic mass is 79.9. The summed E-state index contributed by atoms with van der Waals surface area (Å²) in [6.07, 6.45) is 2.46. The monoisotopic (exact) mass is 353 g/mol. The van der Waals surface area contributed by atoms with Crippen molar-refractivity contribution >= 4 is 37.3 Å². The molecule has 2 N–H and O–H groups in total. The first-order valence-corrected chi connectivity index (χ1v) is 8.94. The second kappa shape index (κ2) is 5.58. The molecule has 1 saturated carbocycles. The van der Waals surface area contributed by atoms with Crippen molar-refractivity contribution in [2.45, 2.75) is 49.6 Å². The van der Waals surface area contributed by atoms with Crippen molar-refractivity contribution < 1.29 is 13.5 Å². The van der Waals surface area contributed by atoms with Gasteiger partial charge in [0.1, 0.15) is 0 Å². The van der Waals surface area contributed by atoms with Gasteiger partial charge in [-0.2, -0.15) is 0 Å². The van der Waals surface area contributed by atoms with E-state index in [1.165, 1.54) is 11.3 Å². The molecule has 102 valence electrons. The normalized spacial score (nSPS) is 25.3. The van der Waals surface area contributed by atoms with Gasteiger partial charge in [-0.25, -0.2) is 13.1 Å². The average molecular weight is 354 g/mol. The van der Waals surface area contributed by atoms with Crippen molar-refractivity contribution in [3.63, 3.8) is 0 Å². The Balaban J connectivity index is 2.10. The third-order valence-electron chi connectivity index (χ3n) is 3.15. The van der Waals surface area contributed by atoms with Crippen LogP contribution >= 0.6 is 27.3 Å². The van der Waals surface area contributed by atoms with Crippen LogP contribution in [0.2, 0.25) is 0 Å². The van der Waals surface area contributed by atoms with Crippen LogP contribution in [0.3, 0.4) is 0 Å². The quantitative estimate of drug-likeness (QED) is 0.876. The lowest BCUT2D eigenvalue weighted by molar-refractivity contribution is 0.120. The summed E-state index contributed by atoms with van der Waals surface area (Å²) in [6, 6.07) is 1.58. The van der Waals surface area contributed by atoms with Gasteiger partial charge in [-0.05, 0) is 54.6 Å². The van der Waals surface area contributed by atoms with Crippen molar-refractivity contribution in [2.24, 2.45) is 0 Å². The van der Waals surface area contributed by atoms with Crippen LogP contribution in [0.15, 0.2) is 14.7 Å². The fourth-order valence-electron chi connectivity index (χ4n) is 2.17. The first-order chi connectivity index (χ1) is 8.38. The Kier molecular flexibility index (Phi) is 4.48. The standard InChI is InChI=1S/C11H16BrNO3S2/c1-7-10(6-11(12)17-7)18(15,16)13-8-2-4-9(14)5-3-8/h6,8-9,13-14H,2-5H2,1H3. The van der Waals surface area contributed by atoms with Gasteiger partial charge in [0.05, 0.1) is 14.8 Å². The summed E-state index contributed by atoms with van der Waals surface area (Å²) in [5, 5.41) is 9.41. The molecule has 0 atom stereocenters. The lowest BCUT2D eigenvalue weighted by Crippen LogP contribution is -2.38. The first kappa shape index (κ1) is 14.5. The van der Waals surface area contributed by atoms with Crippen molar-refractivity contribution in [1.29, 1.82) is 0 Å². The Bertz CT molecular complexity index is 518. The molecule has 1 aliphatic rings. The molecule has 0 amide bonds. The zero-order valence-corrected chi connectivity index (χ0v) is 13.2. The van der Waals surface area contributed by atoms with E-state index < -0.39 is 10.0 Å². The zero-order valence-electron chi connectivity index (χ0n) is 10.0. The Labute approximate surface area is 120 Å². The van der Waals surface area contributed by atoms with Gasteiger partial charge in [0, 0.05) is 10.9 Å². The van der Waals surface area contributed by atoms with Crippen molar-refractivity contribution in [2.75, 3.05) is 0 Å². The molecule has 2 rings (SSSR count). The maximum absolute atomic E-state index is 12.2. The Morgan fingerprint density at radius 3 is 2.50 bits per heavy atom. The summed E-state index contributed by atoms with van der Waals surface area (Å²) in [5.74, 6) is 0. The maximum Gasteiger partial charge on any atom is 0.241 e. The summed E-state index contributed by atoms with van der Waals surface area (Å²) >= 11 is 4.72. The van der Waals surface area contributed by atoms with Crippen LogP contribution in [-0.2, 0) is 10.0 Å². The van der Waals surface area contributed by atoms with E-state index in [0.717, 1.165) is 8.66 Å². The highest BCUT2D eigenvalue weighted by Crippen LogP contribution is 2.30. The molecule has 4 nitrogen and oxygen atoms in total. The lowest BCUT2D eigenvalue weighted by Gasteiger charge is -2.25. The predicted molar refractivity (Wildman–Crippen MR) is 75.3 cm³/mol. The third kappa shape index (κ3) is 3.33. The lowest BCUT2D eigenvalue weighted by atomic mass is 9.94. The van der Waals surface area contributed by atoms with Crippen LogP contribution in [0, 0.1) is 6.92 Å². The molecule has 18 heavy (non-hydrogen) atoms. The minimum atomic E-state index is -3.44. The molecule has 1 aromatic heterocycles. The van der Waals surface area contributed by atoms with E-state index in [2.05, 4.69) is 20.7 Å². The van der Waals surface area contributed by atoms with E-state index in [0.29, 0.717) is 30.6 Å². The van der Waals surface area contributed by atoms with Gasteiger partial charge in [0.15, 0.2) is 0 Å². The number of hydrogen-bond donors (Lipinski definition) is 2. The smallest absolute Gasteiger partial charge is 0.241 e. The summed E-state index contributed by atoms with van der Waals surface area (Å²) in [4.78, 5) is 1.13. The van der Waals surface area contributed by atoms with Crippen molar-refractivity contribution in [1.82, 2.24) is 4.72 Å². The molecule has 0 unspecified atom stereocenters. The number of aryl methyl sites for hydroxylation is 1. The minimum Gasteiger partial charge on any atom is -0.393 e. The number of halogens is 1. The number of thiophene rings is 1. The van der Waals surface area contributed by atoms with Gasteiger partial charge < -0.3 is 5.11 Å². The third-order valence-corrected chi connectivity index (χ3v) is 6.48. The highest BCUT2D eigenvalue weighted by molar-refractivity contribution is 9.11. The van der Waals surface area contributed by atoms with Crippen LogP contribution < -0.4 is 4.72 Å². The van der Waals surface area contributed by atoms with E-state index in [1.54, 1.807) is 13.0 Å². The number of nitrogens with one attached hydrogen (secondary N) is 1. The van der Waals surface area contributed by atoms with E-state index >= 15 is 0 Å². The molecule has 0 spiro atoms. The zero-order chi connectivity index (χ0) is 13.3. The molecule has 0 aliphatic heterocycles. The minimum absolute atomic E-state index is 0.0588. The molecule has 7 heteroatoms. The molecule has 1 heterocycles. The fraction of sp³-hybridized carbons (Fsp3) is 0.636. The highest BCUT2D eigenvalue weighted by Gasteiger charge is 2.26. The van der Waals surface area contributed by atoms with Crippen LogP contribution in [0.5, 0.6) is 0 Å². The van der Waals surface area contributed by atoms with E-state index in [4.69, 9.17) is 0 Å². The van der Waals surface area contributed by atoms with E-state index in [-0.39, 0.29) is 12.1 Å². The molecular formula is C11H16BrNO3S2. The van der Waals surface area contributed by atoms with Crippen molar-refractivity contribution in [3.8, 4) is 0 Å². The van der Waals surface area contributed by atoms with Gasteiger partial charge in [-0.15, -0.1) is 11.3 Å². The topological polar surface area (TPSA) is 66.4 Å². The SMILES string of the molecule is Cc1sc(Br)cc1S(=O)(=O)NC1CCC(O)CC1. The Morgan fingerprint density at radius 1 is 1.39 bits per heavy atom. The number of sulfonamides is 1. The van der Waals surface area contributed by atoms with Gasteiger partial charge in [0.25, 0.3) is 0 Å². The van der Waals surface area contributed by atoms with E-state index in [1.807, 2.05) is 0 Å². The molecule has 1 aliphatic carbocycles. The molecule has 0 bridgehead atoms. The number of rotatable bonds is 3. The second-order valence-electron chi connectivity index (χ2n) is 4.60. The van der Waals surface area contributed by atoms with Crippen LogP contribution in [-0.4, -0.2) is 25.7 Å². The summed E-state index contributed by atoms with van der Waals surface area (Å²) in [7, 11) is -3.44. The van der Waals surface area contributed by atoms with Gasteiger partial charge >= 0.3 is 0 Å². The van der Waals surface area contributed by atoms with Crippen LogP contribution in [0.1, 0.15) is 30.6 Å². The van der Waals surface area contributed by atoms with Gasteiger partial charge in [0.2, 0.25) is 10.0 Å². The van der Waals surface area contributed by atoms with Gasteiger partial charge in [-0.1, -0.05) is 0 Å². The van der Waals surface area contributed by atoms with Gasteiger partial charge in [-0.3, -0.25) is 0 Å². The first-order valence-electron chi connectivity index (χ1n) is 5.85. The fourth-order valence-corrected chi connectivity index (χ4v) is 5.89. The van der Waals surface area contributed by atoms with E-state index in [9.17, 15) is 13.5 Å². The number of aliphatic hydroxyl groups is 1. The Hall–Kier alpha value is 0.0500. The second-order valence-corrected chi connectivity index (χ2v) is 8.92. The molecule has 0 aromatic carbocycles.